The largest absolute Gasteiger partial charge is 0.480 e. The minimum atomic E-state index is -0.920. The van der Waals surface area contributed by atoms with Crippen LogP contribution in [0.4, 0.5) is 0 Å². The number of carboxylic acids is 1. The Balaban J connectivity index is 2.67. The van der Waals surface area contributed by atoms with Gasteiger partial charge >= 0.3 is 5.97 Å². The normalized spacial score (nSPS) is 17.0. The highest BCUT2D eigenvalue weighted by Gasteiger charge is 2.29. The number of rotatable bonds is 4. The van der Waals surface area contributed by atoms with Crippen LogP contribution in [0.5, 0.6) is 0 Å². The van der Waals surface area contributed by atoms with E-state index in [4.69, 9.17) is 5.11 Å². The van der Waals surface area contributed by atoms with Crippen LogP contribution in [-0.4, -0.2) is 34.5 Å². The van der Waals surface area contributed by atoms with E-state index in [0.29, 0.717) is 0 Å². The number of hydrogen-bond donors (Lipinski definition) is 1. The molecule has 0 spiro atoms. The summed E-state index contributed by atoms with van der Waals surface area (Å²) in [5.41, 5.74) is 0. The fourth-order valence-electron chi connectivity index (χ4n) is 2.08. The standard InChI is InChI=1S/C11H19NO3/c1-8(2)11(15)12(7-10(13)14)9-5-3-4-6-9/h8-9H,3-7H2,1-2H3,(H,13,14). The number of aliphatic carboxylic acids is 1. The number of carbonyl (C=O) groups is 2. The number of carbonyl (C=O) groups excluding carboxylic acids is 1. The number of hydrogen-bond acceptors (Lipinski definition) is 2. The summed E-state index contributed by atoms with van der Waals surface area (Å²) in [6, 6.07) is 0.149. The van der Waals surface area contributed by atoms with Gasteiger partial charge in [0.1, 0.15) is 6.54 Å². The van der Waals surface area contributed by atoms with Gasteiger partial charge in [-0.3, -0.25) is 9.59 Å². The summed E-state index contributed by atoms with van der Waals surface area (Å²) in [7, 11) is 0. The molecule has 4 heteroatoms. The van der Waals surface area contributed by atoms with Crippen LogP contribution in [0.3, 0.4) is 0 Å². The summed E-state index contributed by atoms with van der Waals surface area (Å²) in [6.45, 7) is 3.47. The molecule has 0 saturated heterocycles. The zero-order chi connectivity index (χ0) is 11.4. The van der Waals surface area contributed by atoms with E-state index in [-0.39, 0.29) is 24.4 Å². The first-order chi connectivity index (χ1) is 7.02. The first kappa shape index (κ1) is 12.0. The molecule has 1 rings (SSSR count). The van der Waals surface area contributed by atoms with Gasteiger partial charge in [0.15, 0.2) is 0 Å². The molecule has 0 aromatic rings. The van der Waals surface area contributed by atoms with Gasteiger partial charge in [0.25, 0.3) is 0 Å². The van der Waals surface area contributed by atoms with Crippen LogP contribution < -0.4 is 0 Å². The zero-order valence-electron chi connectivity index (χ0n) is 9.40. The third-order valence-electron chi connectivity index (χ3n) is 2.85. The lowest BCUT2D eigenvalue weighted by atomic mass is 10.1. The molecule has 0 aromatic carbocycles. The van der Waals surface area contributed by atoms with Crippen LogP contribution in [-0.2, 0) is 9.59 Å². The Morgan fingerprint density at radius 2 is 1.87 bits per heavy atom. The topological polar surface area (TPSA) is 57.6 Å². The van der Waals surface area contributed by atoms with Gasteiger partial charge in [-0.1, -0.05) is 26.7 Å². The molecule has 1 N–H and O–H groups in total. The second-order valence-corrected chi connectivity index (χ2v) is 4.45. The summed E-state index contributed by atoms with van der Waals surface area (Å²) >= 11 is 0. The van der Waals surface area contributed by atoms with Crippen LogP contribution in [0.1, 0.15) is 39.5 Å². The molecule has 15 heavy (non-hydrogen) atoms. The van der Waals surface area contributed by atoms with Gasteiger partial charge in [-0.15, -0.1) is 0 Å². The molecular formula is C11H19NO3. The molecule has 0 aromatic heterocycles. The minimum Gasteiger partial charge on any atom is -0.480 e. The molecule has 0 radical (unpaired) electrons. The van der Waals surface area contributed by atoms with E-state index in [0.717, 1.165) is 25.7 Å². The van der Waals surface area contributed by atoms with Crippen molar-refractivity contribution in [3.63, 3.8) is 0 Å². The van der Waals surface area contributed by atoms with Crippen molar-refractivity contribution < 1.29 is 14.7 Å². The molecule has 0 unspecified atom stereocenters. The molecule has 0 bridgehead atoms. The molecular weight excluding hydrogens is 194 g/mol. The van der Waals surface area contributed by atoms with Crippen molar-refractivity contribution in [2.45, 2.75) is 45.6 Å². The van der Waals surface area contributed by atoms with Crippen molar-refractivity contribution >= 4 is 11.9 Å². The van der Waals surface area contributed by atoms with Gasteiger partial charge in [-0.2, -0.15) is 0 Å². The molecule has 1 saturated carbocycles. The lowest BCUT2D eigenvalue weighted by Crippen LogP contribution is -2.44. The highest BCUT2D eigenvalue weighted by Crippen LogP contribution is 2.24. The molecule has 0 aliphatic heterocycles. The molecule has 0 heterocycles. The minimum absolute atomic E-state index is 0.0377. The monoisotopic (exact) mass is 213 g/mol. The van der Waals surface area contributed by atoms with E-state index in [9.17, 15) is 9.59 Å². The maximum atomic E-state index is 11.8. The van der Waals surface area contributed by atoms with Gasteiger partial charge in [-0.05, 0) is 12.8 Å². The van der Waals surface area contributed by atoms with E-state index in [1.165, 1.54) is 0 Å². The van der Waals surface area contributed by atoms with Crippen LogP contribution in [0, 0.1) is 5.92 Å². The maximum Gasteiger partial charge on any atom is 0.323 e. The summed E-state index contributed by atoms with van der Waals surface area (Å²) in [5.74, 6) is -1.08. The molecule has 1 fully saturated rings. The molecule has 0 atom stereocenters. The van der Waals surface area contributed by atoms with Gasteiger partial charge in [-0.25, -0.2) is 0 Å². The zero-order valence-corrected chi connectivity index (χ0v) is 9.40. The van der Waals surface area contributed by atoms with Gasteiger partial charge in [0, 0.05) is 12.0 Å². The highest BCUT2D eigenvalue weighted by atomic mass is 16.4. The number of amides is 1. The molecule has 1 aliphatic carbocycles. The Morgan fingerprint density at radius 1 is 1.33 bits per heavy atom. The second kappa shape index (κ2) is 5.14. The SMILES string of the molecule is CC(C)C(=O)N(CC(=O)O)C1CCCC1. The van der Waals surface area contributed by atoms with Gasteiger partial charge < -0.3 is 10.0 Å². The quantitative estimate of drug-likeness (QED) is 0.769. The van der Waals surface area contributed by atoms with Gasteiger partial charge in [0.05, 0.1) is 0 Å². The van der Waals surface area contributed by atoms with E-state index in [1.807, 2.05) is 13.8 Å². The van der Waals surface area contributed by atoms with Crippen molar-refractivity contribution in [1.29, 1.82) is 0 Å². The van der Waals surface area contributed by atoms with Crippen molar-refractivity contribution in [3.8, 4) is 0 Å². The van der Waals surface area contributed by atoms with Crippen LogP contribution >= 0.6 is 0 Å². The summed E-state index contributed by atoms with van der Waals surface area (Å²) in [5, 5.41) is 8.78. The molecule has 4 nitrogen and oxygen atoms in total. The number of carboxylic acid groups (broad SMARTS) is 1. The Labute approximate surface area is 90.3 Å². The second-order valence-electron chi connectivity index (χ2n) is 4.45. The maximum absolute atomic E-state index is 11.8. The predicted octanol–water partition coefficient (Wildman–Crippen LogP) is 1.50. The lowest BCUT2D eigenvalue weighted by Gasteiger charge is -2.28. The van der Waals surface area contributed by atoms with Gasteiger partial charge in [0.2, 0.25) is 5.91 Å². The molecule has 1 amide bonds. The first-order valence-corrected chi connectivity index (χ1v) is 5.54. The number of nitrogens with zero attached hydrogens (tertiary/aromatic N) is 1. The summed E-state index contributed by atoms with van der Waals surface area (Å²) < 4.78 is 0. The van der Waals surface area contributed by atoms with Crippen LogP contribution in [0.2, 0.25) is 0 Å². The Kier molecular flexibility index (Phi) is 4.12. The third kappa shape index (κ3) is 3.22. The van der Waals surface area contributed by atoms with Crippen LogP contribution in [0.15, 0.2) is 0 Å². The summed E-state index contributed by atoms with van der Waals surface area (Å²) in [6.07, 6.45) is 4.11. The molecule has 1 aliphatic rings. The van der Waals surface area contributed by atoms with Crippen molar-refractivity contribution in [3.05, 3.63) is 0 Å². The smallest absolute Gasteiger partial charge is 0.323 e. The molecule has 86 valence electrons. The van der Waals surface area contributed by atoms with Crippen molar-refractivity contribution in [2.75, 3.05) is 6.54 Å². The average molecular weight is 213 g/mol. The fourth-order valence-corrected chi connectivity index (χ4v) is 2.08. The average Bonchev–Trinajstić information content (AvgIpc) is 2.65. The Hall–Kier alpha value is -1.06. The first-order valence-electron chi connectivity index (χ1n) is 5.54. The highest BCUT2D eigenvalue weighted by molar-refractivity contribution is 5.82. The van der Waals surface area contributed by atoms with E-state index in [1.54, 1.807) is 4.90 Å². The van der Waals surface area contributed by atoms with Crippen LogP contribution in [0.25, 0.3) is 0 Å². The van der Waals surface area contributed by atoms with Crippen molar-refractivity contribution in [1.82, 2.24) is 4.90 Å². The fraction of sp³-hybridized carbons (Fsp3) is 0.818. The van der Waals surface area contributed by atoms with E-state index < -0.39 is 5.97 Å². The van der Waals surface area contributed by atoms with E-state index >= 15 is 0 Å². The Bertz CT molecular complexity index is 244. The van der Waals surface area contributed by atoms with Crippen molar-refractivity contribution in [2.24, 2.45) is 5.92 Å². The summed E-state index contributed by atoms with van der Waals surface area (Å²) in [4.78, 5) is 24.1. The Morgan fingerprint density at radius 3 is 2.27 bits per heavy atom. The van der Waals surface area contributed by atoms with E-state index in [2.05, 4.69) is 0 Å². The predicted molar refractivity (Wildman–Crippen MR) is 56.4 cm³/mol. The third-order valence-corrected chi connectivity index (χ3v) is 2.85. The lowest BCUT2D eigenvalue weighted by molar-refractivity contribution is -0.147.